The lowest BCUT2D eigenvalue weighted by Gasteiger charge is -2.40. The molecule has 1 fully saturated rings. The van der Waals surface area contributed by atoms with Gasteiger partial charge in [0.15, 0.2) is 8.32 Å². The van der Waals surface area contributed by atoms with Crippen LogP contribution in [0.5, 0.6) is 5.75 Å². The van der Waals surface area contributed by atoms with Crippen LogP contribution in [-0.2, 0) is 15.8 Å². The van der Waals surface area contributed by atoms with Crippen molar-refractivity contribution < 1.29 is 13.9 Å². The van der Waals surface area contributed by atoms with Gasteiger partial charge in [-0.15, -0.1) is 0 Å². The molecule has 0 saturated carbocycles. The van der Waals surface area contributed by atoms with Gasteiger partial charge in [0.05, 0.1) is 12.7 Å². The smallest absolute Gasteiger partial charge is 0.205 e. The minimum absolute atomic E-state index is 0.0380. The van der Waals surface area contributed by atoms with Crippen LogP contribution in [0, 0.1) is 0 Å². The fourth-order valence-corrected chi connectivity index (χ4v) is 6.49. The Balaban J connectivity index is 1.40. The number of hydrogen-bond acceptors (Lipinski definition) is 5. The third kappa shape index (κ3) is 10.2. The zero-order chi connectivity index (χ0) is 27.7. The summed E-state index contributed by atoms with van der Waals surface area (Å²) in [6, 6.07) is 6.52. The maximum Gasteiger partial charge on any atom is 0.205 e. The molecule has 6 heteroatoms. The van der Waals surface area contributed by atoms with Gasteiger partial charge >= 0.3 is 0 Å². The molecule has 3 rings (SSSR count). The van der Waals surface area contributed by atoms with Crippen LogP contribution >= 0.6 is 0 Å². The van der Waals surface area contributed by atoms with E-state index in [2.05, 4.69) is 62.3 Å². The van der Waals surface area contributed by atoms with Gasteiger partial charge in [-0.1, -0.05) is 65.4 Å². The van der Waals surface area contributed by atoms with E-state index in [0.29, 0.717) is 6.61 Å². The molecule has 1 aromatic rings. The summed E-state index contributed by atoms with van der Waals surface area (Å²) in [6.45, 7) is 22.0. The molecule has 0 aliphatic carbocycles. The summed E-state index contributed by atoms with van der Waals surface area (Å²) in [5.41, 5.74) is 2.33. The number of rotatable bonds is 15. The molecular weight excluding hydrogens is 488 g/mol. The molecule has 218 valence electrons. The summed E-state index contributed by atoms with van der Waals surface area (Å²) in [4.78, 5) is 2.67. The quantitative estimate of drug-likeness (QED) is 0.177. The molecular formula is C32H58N2O3Si. The van der Waals surface area contributed by atoms with E-state index < -0.39 is 14.1 Å². The fraction of sp³-hybridized carbons (Fsp3) is 0.812. The highest BCUT2D eigenvalue weighted by Gasteiger charge is 2.39. The Morgan fingerprint density at radius 2 is 1.63 bits per heavy atom. The maximum absolute atomic E-state index is 6.94. The number of likely N-dealkylation sites (tertiary alicyclic amines) is 1. The Morgan fingerprint density at radius 1 is 0.974 bits per heavy atom. The molecule has 2 heterocycles. The van der Waals surface area contributed by atoms with Crippen molar-refractivity contribution in [3.63, 3.8) is 0 Å². The summed E-state index contributed by atoms with van der Waals surface area (Å²) < 4.78 is 18.9. The lowest BCUT2D eigenvalue weighted by molar-refractivity contribution is -0.180. The molecule has 0 spiro atoms. The molecule has 1 saturated heterocycles. The highest BCUT2D eigenvalue weighted by Crippen LogP contribution is 2.40. The molecule has 2 aliphatic heterocycles. The SMILES string of the molecule is CC1(C)OCc2cc(C(CNCCCCCCCCCN3CCCCC3)O[Si](C)(C)C(C)(C)C)ccc2O1. The number of nitrogens with one attached hydrogen (secondary N) is 1. The minimum Gasteiger partial charge on any atom is -0.463 e. The van der Waals surface area contributed by atoms with Crippen LogP contribution < -0.4 is 10.1 Å². The third-order valence-corrected chi connectivity index (χ3v) is 13.2. The van der Waals surface area contributed by atoms with E-state index in [9.17, 15) is 0 Å². The molecule has 0 radical (unpaired) electrons. The van der Waals surface area contributed by atoms with Crippen molar-refractivity contribution in [1.29, 1.82) is 0 Å². The summed E-state index contributed by atoms with van der Waals surface area (Å²) in [7, 11) is -1.92. The molecule has 1 N–H and O–H groups in total. The van der Waals surface area contributed by atoms with Gasteiger partial charge in [-0.25, -0.2) is 0 Å². The number of unbranched alkanes of at least 4 members (excludes halogenated alkanes) is 6. The first-order valence-corrected chi connectivity index (χ1v) is 18.4. The number of nitrogens with zero attached hydrogens (tertiary/aromatic N) is 1. The third-order valence-electron chi connectivity index (χ3n) is 8.74. The summed E-state index contributed by atoms with van der Waals surface area (Å²) in [6.07, 6.45) is 13.8. The van der Waals surface area contributed by atoms with E-state index in [1.165, 1.54) is 89.4 Å². The predicted molar refractivity (Wildman–Crippen MR) is 162 cm³/mol. The van der Waals surface area contributed by atoms with Crippen molar-refractivity contribution in [2.45, 2.75) is 135 Å². The first-order chi connectivity index (χ1) is 18.0. The lowest BCUT2D eigenvalue weighted by atomic mass is 10.0. The maximum atomic E-state index is 6.94. The Bertz CT molecular complexity index is 830. The molecule has 5 nitrogen and oxygen atoms in total. The van der Waals surface area contributed by atoms with Crippen molar-refractivity contribution in [2.75, 3.05) is 32.7 Å². The highest BCUT2D eigenvalue weighted by atomic mass is 28.4. The molecule has 1 atom stereocenters. The van der Waals surface area contributed by atoms with E-state index in [-0.39, 0.29) is 11.1 Å². The van der Waals surface area contributed by atoms with Crippen molar-refractivity contribution in [3.8, 4) is 5.75 Å². The van der Waals surface area contributed by atoms with Gasteiger partial charge < -0.3 is 24.1 Å². The normalized spacial score (nSPS) is 19.1. The van der Waals surface area contributed by atoms with Gasteiger partial charge in [-0.3, -0.25) is 0 Å². The zero-order valence-electron chi connectivity index (χ0n) is 25.8. The second-order valence-corrected chi connectivity index (χ2v) is 18.4. The van der Waals surface area contributed by atoms with Gasteiger partial charge in [0.2, 0.25) is 5.79 Å². The van der Waals surface area contributed by atoms with Gasteiger partial charge in [0, 0.05) is 26.0 Å². The molecule has 1 unspecified atom stereocenters. The van der Waals surface area contributed by atoms with Crippen molar-refractivity contribution in [1.82, 2.24) is 10.2 Å². The van der Waals surface area contributed by atoms with Gasteiger partial charge in [0.1, 0.15) is 5.75 Å². The number of hydrogen-bond donors (Lipinski definition) is 1. The van der Waals surface area contributed by atoms with Crippen molar-refractivity contribution in [3.05, 3.63) is 29.3 Å². The van der Waals surface area contributed by atoms with Crippen LogP contribution in [0.15, 0.2) is 18.2 Å². The van der Waals surface area contributed by atoms with Crippen LogP contribution in [0.1, 0.15) is 116 Å². The second-order valence-electron chi connectivity index (χ2n) is 13.6. The average Bonchev–Trinajstić information content (AvgIpc) is 2.85. The molecule has 0 bridgehead atoms. The first kappa shape index (κ1) is 31.6. The predicted octanol–water partition coefficient (Wildman–Crippen LogP) is 8.20. The van der Waals surface area contributed by atoms with Gasteiger partial charge in [0.25, 0.3) is 0 Å². The monoisotopic (exact) mass is 546 g/mol. The Labute approximate surface area is 235 Å². The number of benzene rings is 1. The van der Waals surface area contributed by atoms with Crippen LogP contribution in [0.3, 0.4) is 0 Å². The topological polar surface area (TPSA) is 43.0 Å². The Hall–Kier alpha value is -0.923. The molecule has 0 amide bonds. The Kier molecular flexibility index (Phi) is 12.2. The second kappa shape index (κ2) is 14.6. The standard InChI is InChI=1S/C32H58N2O3Si/c1-31(2,3)38(6,7)37-30(27-18-19-29-28(24-27)26-35-32(4,5)36-29)25-33-20-14-11-9-8-10-12-15-21-34-22-16-13-17-23-34/h18-19,24,30,33H,8-17,20-23,25-26H2,1-7H3. The average molecular weight is 547 g/mol. The van der Waals surface area contributed by atoms with Crippen molar-refractivity contribution in [2.24, 2.45) is 0 Å². The van der Waals surface area contributed by atoms with Crippen LogP contribution in [0.2, 0.25) is 18.1 Å². The largest absolute Gasteiger partial charge is 0.463 e. The van der Waals surface area contributed by atoms with Crippen molar-refractivity contribution >= 4 is 8.32 Å². The molecule has 1 aromatic carbocycles. The van der Waals surface area contributed by atoms with E-state index in [1.54, 1.807) is 0 Å². The number of fused-ring (bicyclic) bond motifs is 1. The van der Waals surface area contributed by atoms with E-state index in [4.69, 9.17) is 13.9 Å². The summed E-state index contributed by atoms with van der Waals surface area (Å²) in [5.74, 6) is 0.357. The summed E-state index contributed by atoms with van der Waals surface area (Å²) >= 11 is 0. The minimum atomic E-state index is -1.92. The summed E-state index contributed by atoms with van der Waals surface area (Å²) in [5, 5.41) is 3.90. The van der Waals surface area contributed by atoms with Crippen LogP contribution in [0.25, 0.3) is 0 Å². The van der Waals surface area contributed by atoms with E-state index in [1.807, 2.05) is 13.8 Å². The van der Waals surface area contributed by atoms with Crippen LogP contribution in [-0.4, -0.2) is 51.7 Å². The lowest BCUT2D eigenvalue weighted by Crippen LogP contribution is -2.43. The number of piperidine rings is 1. The highest BCUT2D eigenvalue weighted by molar-refractivity contribution is 6.74. The molecule has 0 aromatic heterocycles. The van der Waals surface area contributed by atoms with E-state index >= 15 is 0 Å². The fourth-order valence-electron chi connectivity index (χ4n) is 5.20. The van der Waals surface area contributed by atoms with Gasteiger partial charge in [-0.2, -0.15) is 0 Å². The Morgan fingerprint density at radius 3 is 2.32 bits per heavy atom. The first-order valence-electron chi connectivity index (χ1n) is 15.5. The number of ether oxygens (including phenoxy) is 2. The molecule has 38 heavy (non-hydrogen) atoms. The van der Waals surface area contributed by atoms with Gasteiger partial charge in [-0.05, 0) is 87.7 Å². The zero-order valence-corrected chi connectivity index (χ0v) is 26.8. The molecule has 2 aliphatic rings. The van der Waals surface area contributed by atoms with Crippen LogP contribution in [0.4, 0.5) is 0 Å². The van der Waals surface area contributed by atoms with E-state index in [0.717, 1.165) is 24.4 Å².